The molecule has 0 aliphatic carbocycles. The van der Waals surface area contributed by atoms with Gasteiger partial charge in [0.2, 0.25) is 0 Å². The van der Waals surface area contributed by atoms with Crippen LogP contribution in [0.4, 0.5) is 11.4 Å². The summed E-state index contributed by atoms with van der Waals surface area (Å²) in [5.74, 6) is -0.332. The van der Waals surface area contributed by atoms with Gasteiger partial charge in [0.25, 0.3) is 5.69 Å². The summed E-state index contributed by atoms with van der Waals surface area (Å²) in [6.07, 6.45) is 0.869. The van der Waals surface area contributed by atoms with Crippen LogP contribution in [0.2, 0.25) is 0 Å². The Balaban J connectivity index is 2.84. The van der Waals surface area contributed by atoms with Gasteiger partial charge in [-0.3, -0.25) is 14.9 Å². The van der Waals surface area contributed by atoms with Gasteiger partial charge in [0.1, 0.15) is 6.54 Å². The van der Waals surface area contributed by atoms with Crippen LogP contribution in [0.25, 0.3) is 0 Å². The fraction of sp³-hybridized carbons (Fsp3) is 0.417. The monoisotopic (exact) mass is 252 g/mol. The molecule has 18 heavy (non-hydrogen) atoms. The summed E-state index contributed by atoms with van der Waals surface area (Å²) in [5.41, 5.74) is 0.807. The van der Waals surface area contributed by atoms with Gasteiger partial charge in [-0.15, -0.1) is 0 Å². The van der Waals surface area contributed by atoms with Gasteiger partial charge in [0.15, 0.2) is 0 Å². The van der Waals surface area contributed by atoms with E-state index in [1.54, 1.807) is 12.1 Å². The molecule has 0 N–H and O–H groups in total. The minimum atomic E-state index is -0.450. The van der Waals surface area contributed by atoms with E-state index in [9.17, 15) is 14.9 Å². The lowest BCUT2D eigenvalue weighted by molar-refractivity contribution is -0.384. The number of nitro benzene ring substituents is 1. The second-order valence-corrected chi connectivity index (χ2v) is 3.77. The van der Waals surface area contributed by atoms with Gasteiger partial charge in [0.05, 0.1) is 12.0 Å². The molecule has 0 spiro atoms. The maximum absolute atomic E-state index is 11.3. The second kappa shape index (κ2) is 6.58. The largest absolute Gasteiger partial charge is 0.468 e. The number of carbonyl (C=O) groups is 1. The molecule has 0 aromatic heterocycles. The highest BCUT2D eigenvalue weighted by atomic mass is 16.6. The number of carbonyl (C=O) groups excluding carboxylic acids is 1. The van der Waals surface area contributed by atoms with Crippen molar-refractivity contribution in [2.24, 2.45) is 0 Å². The van der Waals surface area contributed by atoms with Crippen LogP contribution in [-0.4, -0.2) is 31.1 Å². The molecular weight excluding hydrogens is 236 g/mol. The van der Waals surface area contributed by atoms with Crippen LogP contribution in [-0.2, 0) is 9.53 Å². The van der Waals surface area contributed by atoms with Crippen molar-refractivity contribution < 1.29 is 14.5 Å². The van der Waals surface area contributed by atoms with Gasteiger partial charge in [-0.25, -0.2) is 0 Å². The van der Waals surface area contributed by atoms with E-state index < -0.39 is 4.92 Å². The van der Waals surface area contributed by atoms with E-state index in [0.29, 0.717) is 6.54 Å². The Morgan fingerprint density at radius 1 is 1.39 bits per heavy atom. The third-order valence-electron chi connectivity index (χ3n) is 2.47. The van der Waals surface area contributed by atoms with Crippen LogP contribution in [0.5, 0.6) is 0 Å². The molecule has 6 heteroatoms. The number of benzene rings is 1. The van der Waals surface area contributed by atoms with Gasteiger partial charge < -0.3 is 9.64 Å². The first kappa shape index (κ1) is 14.0. The number of hydrogen-bond donors (Lipinski definition) is 0. The Morgan fingerprint density at radius 3 is 2.44 bits per heavy atom. The van der Waals surface area contributed by atoms with E-state index in [1.165, 1.54) is 19.2 Å². The molecule has 0 atom stereocenters. The molecular formula is C12H16N2O4. The number of anilines is 1. The third-order valence-corrected chi connectivity index (χ3v) is 2.47. The van der Waals surface area contributed by atoms with Gasteiger partial charge in [-0.2, -0.15) is 0 Å². The Bertz CT molecular complexity index is 417. The minimum absolute atomic E-state index is 0.0354. The molecule has 1 aromatic carbocycles. The summed E-state index contributed by atoms with van der Waals surface area (Å²) in [6, 6.07) is 6.12. The zero-order valence-corrected chi connectivity index (χ0v) is 10.5. The highest BCUT2D eigenvalue weighted by Crippen LogP contribution is 2.19. The van der Waals surface area contributed by atoms with Crippen LogP contribution >= 0.6 is 0 Å². The molecule has 0 heterocycles. The smallest absolute Gasteiger partial charge is 0.325 e. The van der Waals surface area contributed by atoms with Crippen molar-refractivity contribution in [2.45, 2.75) is 13.3 Å². The summed E-state index contributed by atoms with van der Waals surface area (Å²) in [4.78, 5) is 23.2. The van der Waals surface area contributed by atoms with Crippen LogP contribution in [0.1, 0.15) is 13.3 Å². The van der Waals surface area contributed by atoms with Gasteiger partial charge in [-0.1, -0.05) is 6.92 Å². The number of esters is 1. The number of hydrogen-bond acceptors (Lipinski definition) is 5. The van der Waals surface area contributed by atoms with Gasteiger partial charge in [0, 0.05) is 24.4 Å². The molecule has 0 saturated carbocycles. The average Bonchev–Trinajstić information content (AvgIpc) is 2.38. The molecule has 0 bridgehead atoms. The van der Waals surface area contributed by atoms with Gasteiger partial charge >= 0.3 is 5.97 Å². The molecule has 1 aromatic rings. The van der Waals surface area contributed by atoms with E-state index in [2.05, 4.69) is 4.74 Å². The molecule has 6 nitrogen and oxygen atoms in total. The first-order valence-electron chi connectivity index (χ1n) is 5.64. The van der Waals surface area contributed by atoms with Crippen LogP contribution in [0, 0.1) is 10.1 Å². The number of methoxy groups -OCH3 is 1. The molecule has 1 rings (SSSR count). The highest BCUT2D eigenvalue weighted by molar-refractivity contribution is 5.75. The third kappa shape index (κ3) is 3.73. The summed E-state index contributed by atoms with van der Waals surface area (Å²) >= 11 is 0. The van der Waals surface area contributed by atoms with Crippen LogP contribution in [0.3, 0.4) is 0 Å². The maximum atomic E-state index is 11.3. The highest BCUT2D eigenvalue weighted by Gasteiger charge is 2.12. The summed E-state index contributed by atoms with van der Waals surface area (Å²) in [5, 5.41) is 10.5. The van der Waals surface area contributed by atoms with E-state index >= 15 is 0 Å². The summed E-state index contributed by atoms with van der Waals surface area (Å²) < 4.78 is 4.62. The Hall–Kier alpha value is -2.11. The molecule has 0 aliphatic heterocycles. The van der Waals surface area contributed by atoms with Crippen molar-refractivity contribution in [2.75, 3.05) is 25.1 Å². The Morgan fingerprint density at radius 2 is 2.00 bits per heavy atom. The van der Waals surface area contributed by atoms with Crippen molar-refractivity contribution in [1.29, 1.82) is 0 Å². The minimum Gasteiger partial charge on any atom is -0.468 e. The van der Waals surface area contributed by atoms with E-state index in [-0.39, 0.29) is 18.2 Å². The number of ether oxygens (including phenoxy) is 1. The Labute approximate surface area is 105 Å². The predicted molar refractivity (Wildman–Crippen MR) is 67.6 cm³/mol. The average molecular weight is 252 g/mol. The topological polar surface area (TPSA) is 72.7 Å². The first-order valence-corrected chi connectivity index (χ1v) is 5.64. The number of nitro groups is 1. The molecule has 0 radical (unpaired) electrons. The lowest BCUT2D eigenvalue weighted by atomic mass is 10.2. The normalized spacial score (nSPS) is 9.89. The maximum Gasteiger partial charge on any atom is 0.325 e. The second-order valence-electron chi connectivity index (χ2n) is 3.77. The molecule has 0 fully saturated rings. The molecule has 0 saturated heterocycles. The number of rotatable bonds is 6. The van der Waals surface area contributed by atoms with Crippen molar-refractivity contribution in [3.63, 3.8) is 0 Å². The van der Waals surface area contributed by atoms with E-state index in [4.69, 9.17) is 0 Å². The standard InChI is InChI=1S/C12H16N2O4/c1-3-8-13(9-12(15)18-2)10-4-6-11(7-5-10)14(16)17/h4-7H,3,8-9H2,1-2H3. The predicted octanol–water partition coefficient (Wildman–Crippen LogP) is 1.98. The van der Waals surface area contributed by atoms with Crippen LogP contribution in [0.15, 0.2) is 24.3 Å². The quantitative estimate of drug-likeness (QED) is 0.439. The van der Waals surface area contributed by atoms with E-state index in [1.807, 2.05) is 11.8 Å². The fourth-order valence-corrected chi connectivity index (χ4v) is 1.57. The van der Waals surface area contributed by atoms with E-state index in [0.717, 1.165) is 12.1 Å². The zero-order chi connectivity index (χ0) is 13.5. The molecule has 0 amide bonds. The summed E-state index contributed by atoms with van der Waals surface area (Å²) in [6.45, 7) is 2.82. The SMILES string of the molecule is CCCN(CC(=O)OC)c1ccc([N+](=O)[O-])cc1. The van der Waals surface area contributed by atoms with Gasteiger partial charge in [-0.05, 0) is 18.6 Å². The van der Waals surface area contributed by atoms with Crippen molar-refractivity contribution in [1.82, 2.24) is 0 Å². The fourth-order valence-electron chi connectivity index (χ4n) is 1.57. The number of nitrogens with zero attached hydrogens (tertiary/aromatic N) is 2. The molecule has 0 unspecified atom stereocenters. The molecule has 98 valence electrons. The van der Waals surface area contributed by atoms with Crippen molar-refractivity contribution >= 4 is 17.3 Å². The van der Waals surface area contributed by atoms with Crippen molar-refractivity contribution in [3.05, 3.63) is 34.4 Å². The Kier molecular flexibility index (Phi) is 5.10. The molecule has 0 aliphatic rings. The zero-order valence-electron chi connectivity index (χ0n) is 10.5. The first-order chi connectivity index (χ1) is 8.58. The lowest BCUT2D eigenvalue weighted by Gasteiger charge is -2.22. The lowest BCUT2D eigenvalue weighted by Crippen LogP contribution is -2.31. The number of non-ortho nitro benzene ring substituents is 1. The van der Waals surface area contributed by atoms with Crippen molar-refractivity contribution in [3.8, 4) is 0 Å². The summed E-state index contributed by atoms with van der Waals surface area (Å²) in [7, 11) is 1.34. The van der Waals surface area contributed by atoms with Crippen LogP contribution < -0.4 is 4.90 Å².